The molecule has 1 heterocycles. The molecule has 18 heavy (non-hydrogen) atoms. The molecule has 0 bridgehead atoms. The second kappa shape index (κ2) is 6.29. The van der Waals surface area contributed by atoms with Crippen LogP contribution in [0.2, 0.25) is 0 Å². The molecule has 0 radical (unpaired) electrons. The Balaban J connectivity index is 1.82. The van der Waals surface area contributed by atoms with Gasteiger partial charge in [0.1, 0.15) is 5.82 Å². The number of likely N-dealkylation sites (N-methyl/N-ethyl adjacent to an activating group) is 1. The first-order valence-corrected chi connectivity index (χ1v) is 7.06. The summed E-state index contributed by atoms with van der Waals surface area (Å²) in [6.07, 6.45) is 6.66. The van der Waals surface area contributed by atoms with Gasteiger partial charge in [-0.15, -0.1) is 0 Å². The number of carbonyl (C=O) groups excluding carboxylic acids is 1. The van der Waals surface area contributed by atoms with E-state index in [1.54, 1.807) is 12.3 Å². The number of amides is 1. The van der Waals surface area contributed by atoms with Gasteiger partial charge in [-0.05, 0) is 48.0 Å². The topological polar surface area (TPSA) is 45.2 Å². The van der Waals surface area contributed by atoms with E-state index < -0.39 is 0 Å². The first-order chi connectivity index (χ1) is 8.65. The summed E-state index contributed by atoms with van der Waals surface area (Å²) in [5.74, 6) is 0.599. The number of hydrogen-bond acceptors (Lipinski definition) is 3. The average Bonchev–Trinajstić information content (AvgIpc) is 2.85. The minimum atomic E-state index is -0.000720. The van der Waals surface area contributed by atoms with Gasteiger partial charge in [0.05, 0.1) is 6.54 Å². The Kier molecular flexibility index (Phi) is 4.72. The third-order valence-corrected chi connectivity index (χ3v) is 3.81. The molecule has 1 N–H and O–H groups in total. The van der Waals surface area contributed by atoms with E-state index in [-0.39, 0.29) is 5.91 Å². The van der Waals surface area contributed by atoms with Gasteiger partial charge < -0.3 is 5.32 Å². The number of rotatable bonds is 4. The second-order valence-electron chi connectivity index (χ2n) is 4.76. The standard InChI is InChI=1S/C13H18BrN3O/c1-17(11-4-2-3-5-11)9-13(18)16-12-7-6-10(14)8-15-12/h6-8,11H,2-5,9H2,1H3,(H,15,16,18). The third-order valence-electron chi connectivity index (χ3n) is 3.34. The number of halogens is 1. The zero-order chi connectivity index (χ0) is 13.0. The minimum Gasteiger partial charge on any atom is -0.310 e. The molecule has 4 nitrogen and oxygen atoms in total. The third kappa shape index (κ3) is 3.78. The van der Waals surface area contributed by atoms with E-state index in [0.29, 0.717) is 18.4 Å². The summed E-state index contributed by atoms with van der Waals surface area (Å²) in [5.41, 5.74) is 0. The summed E-state index contributed by atoms with van der Waals surface area (Å²) in [6, 6.07) is 4.22. The molecule has 0 atom stereocenters. The van der Waals surface area contributed by atoms with Crippen LogP contribution in [0.5, 0.6) is 0 Å². The van der Waals surface area contributed by atoms with Crippen molar-refractivity contribution in [1.82, 2.24) is 9.88 Å². The molecular weight excluding hydrogens is 294 g/mol. The van der Waals surface area contributed by atoms with E-state index in [1.807, 2.05) is 13.1 Å². The van der Waals surface area contributed by atoms with Crippen LogP contribution in [-0.2, 0) is 4.79 Å². The van der Waals surface area contributed by atoms with E-state index in [4.69, 9.17) is 0 Å². The summed E-state index contributed by atoms with van der Waals surface area (Å²) in [4.78, 5) is 18.1. The quantitative estimate of drug-likeness (QED) is 0.930. The molecule has 0 unspecified atom stereocenters. The van der Waals surface area contributed by atoms with Crippen LogP contribution in [0.15, 0.2) is 22.8 Å². The first-order valence-electron chi connectivity index (χ1n) is 6.27. The van der Waals surface area contributed by atoms with Crippen molar-refractivity contribution < 1.29 is 4.79 Å². The monoisotopic (exact) mass is 311 g/mol. The first kappa shape index (κ1) is 13.5. The van der Waals surface area contributed by atoms with Gasteiger partial charge in [0, 0.05) is 16.7 Å². The van der Waals surface area contributed by atoms with E-state index in [0.717, 1.165) is 4.47 Å². The second-order valence-corrected chi connectivity index (χ2v) is 5.68. The summed E-state index contributed by atoms with van der Waals surface area (Å²) < 4.78 is 0.906. The predicted octanol–water partition coefficient (Wildman–Crippen LogP) is 2.66. The summed E-state index contributed by atoms with van der Waals surface area (Å²) >= 11 is 3.31. The molecule has 0 saturated heterocycles. The number of anilines is 1. The highest BCUT2D eigenvalue weighted by Gasteiger charge is 2.21. The molecular formula is C13H18BrN3O. The largest absolute Gasteiger partial charge is 0.310 e. The lowest BCUT2D eigenvalue weighted by Crippen LogP contribution is -2.36. The molecule has 1 aromatic rings. The molecule has 5 heteroatoms. The Labute approximate surface area is 116 Å². The molecule has 1 amide bonds. The van der Waals surface area contributed by atoms with E-state index in [9.17, 15) is 4.79 Å². The van der Waals surface area contributed by atoms with Crippen molar-refractivity contribution in [3.63, 3.8) is 0 Å². The maximum Gasteiger partial charge on any atom is 0.239 e. The molecule has 0 spiro atoms. The zero-order valence-electron chi connectivity index (χ0n) is 10.5. The molecule has 2 rings (SSSR count). The fourth-order valence-electron chi connectivity index (χ4n) is 2.33. The van der Waals surface area contributed by atoms with Gasteiger partial charge >= 0.3 is 0 Å². The van der Waals surface area contributed by atoms with Crippen LogP contribution in [0.3, 0.4) is 0 Å². The number of nitrogens with zero attached hydrogens (tertiary/aromatic N) is 2. The molecule has 1 aliphatic carbocycles. The number of aromatic nitrogens is 1. The van der Waals surface area contributed by atoms with Crippen molar-refractivity contribution in [3.05, 3.63) is 22.8 Å². The Bertz CT molecular complexity index is 401. The van der Waals surface area contributed by atoms with Gasteiger partial charge in [-0.2, -0.15) is 0 Å². The molecule has 0 aliphatic heterocycles. The number of nitrogens with one attached hydrogen (secondary N) is 1. The highest BCUT2D eigenvalue weighted by atomic mass is 79.9. The maximum atomic E-state index is 11.9. The van der Waals surface area contributed by atoms with Gasteiger partial charge in [-0.3, -0.25) is 9.69 Å². The van der Waals surface area contributed by atoms with Crippen molar-refractivity contribution >= 4 is 27.7 Å². The summed E-state index contributed by atoms with van der Waals surface area (Å²) in [7, 11) is 2.02. The van der Waals surface area contributed by atoms with E-state index in [1.165, 1.54) is 25.7 Å². The van der Waals surface area contributed by atoms with Crippen molar-refractivity contribution in [2.75, 3.05) is 18.9 Å². The van der Waals surface area contributed by atoms with Crippen LogP contribution in [0, 0.1) is 0 Å². The Hall–Kier alpha value is -0.940. The fraction of sp³-hybridized carbons (Fsp3) is 0.538. The number of carbonyl (C=O) groups is 1. The van der Waals surface area contributed by atoms with Crippen LogP contribution >= 0.6 is 15.9 Å². The molecule has 0 aromatic carbocycles. The lowest BCUT2D eigenvalue weighted by atomic mass is 10.2. The van der Waals surface area contributed by atoms with Gasteiger partial charge in [0.15, 0.2) is 0 Å². The highest BCUT2D eigenvalue weighted by molar-refractivity contribution is 9.10. The SMILES string of the molecule is CN(CC(=O)Nc1ccc(Br)cn1)C1CCCC1. The van der Waals surface area contributed by atoms with E-state index >= 15 is 0 Å². The molecule has 1 saturated carbocycles. The van der Waals surface area contributed by atoms with Gasteiger partial charge in [-0.1, -0.05) is 12.8 Å². The van der Waals surface area contributed by atoms with Crippen molar-refractivity contribution in [3.8, 4) is 0 Å². The maximum absolute atomic E-state index is 11.9. The van der Waals surface area contributed by atoms with Crippen molar-refractivity contribution in [2.45, 2.75) is 31.7 Å². The minimum absolute atomic E-state index is 0.000720. The predicted molar refractivity (Wildman–Crippen MR) is 75.5 cm³/mol. The summed E-state index contributed by atoms with van der Waals surface area (Å²) in [6.45, 7) is 0.433. The van der Waals surface area contributed by atoms with Gasteiger partial charge in [-0.25, -0.2) is 4.98 Å². The lowest BCUT2D eigenvalue weighted by molar-refractivity contribution is -0.117. The van der Waals surface area contributed by atoms with Crippen molar-refractivity contribution in [2.24, 2.45) is 0 Å². The Morgan fingerprint density at radius 2 is 2.22 bits per heavy atom. The molecule has 1 aliphatic rings. The fourth-order valence-corrected chi connectivity index (χ4v) is 2.57. The van der Waals surface area contributed by atoms with Crippen LogP contribution < -0.4 is 5.32 Å². The Morgan fingerprint density at radius 3 is 2.83 bits per heavy atom. The summed E-state index contributed by atoms with van der Waals surface area (Å²) in [5, 5.41) is 2.81. The zero-order valence-corrected chi connectivity index (χ0v) is 12.1. The van der Waals surface area contributed by atoms with Gasteiger partial charge in [0.2, 0.25) is 5.91 Å². The average molecular weight is 312 g/mol. The number of pyridine rings is 1. The smallest absolute Gasteiger partial charge is 0.239 e. The number of hydrogen-bond donors (Lipinski definition) is 1. The molecule has 98 valence electrons. The van der Waals surface area contributed by atoms with Crippen LogP contribution in [0.25, 0.3) is 0 Å². The van der Waals surface area contributed by atoms with Crippen LogP contribution in [-0.4, -0.2) is 35.4 Å². The van der Waals surface area contributed by atoms with Crippen LogP contribution in [0.1, 0.15) is 25.7 Å². The van der Waals surface area contributed by atoms with Crippen molar-refractivity contribution in [1.29, 1.82) is 0 Å². The van der Waals surface area contributed by atoms with Crippen LogP contribution in [0.4, 0.5) is 5.82 Å². The molecule has 1 fully saturated rings. The Morgan fingerprint density at radius 1 is 1.50 bits per heavy atom. The molecule has 1 aromatic heterocycles. The normalized spacial score (nSPS) is 16.2. The van der Waals surface area contributed by atoms with Gasteiger partial charge in [0.25, 0.3) is 0 Å². The lowest BCUT2D eigenvalue weighted by Gasteiger charge is -2.23. The van der Waals surface area contributed by atoms with E-state index in [2.05, 4.69) is 31.1 Å². The highest BCUT2D eigenvalue weighted by Crippen LogP contribution is 2.22.